The van der Waals surface area contributed by atoms with Gasteiger partial charge in [-0.1, -0.05) is 19.1 Å². The molecule has 0 saturated carbocycles. The van der Waals surface area contributed by atoms with Crippen LogP contribution in [0.1, 0.15) is 39.2 Å². The Balaban J connectivity index is 2.48. The molecule has 1 heterocycles. The van der Waals surface area contributed by atoms with Crippen LogP contribution in [0.25, 0.3) is 0 Å². The maximum Gasteiger partial charge on any atom is 0.123 e. The van der Waals surface area contributed by atoms with Crippen molar-refractivity contribution in [2.24, 2.45) is 10.9 Å². The van der Waals surface area contributed by atoms with Crippen LogP contribution in [0.4, 0.5) is 4.39 Å². The van der Waals surface area contributed by atoms with Crippen molar-refractivity contribution in [3.05, 3.63) is 46.9 Å². The standard InChI is InChI=1S/C15H18FN/c1-9-11(3)17-12(4)10(2)15(9)13-6-5-7-14(16)8-13/h5-9,15H,1-4H3. The van der Waals surface area contributed by atoms with Crippen molar-refractivity contribution in [1.29, 1.82) is 0 Å². The third kappa shape index (κ3) is 2.17. The second kappa shape index (κ2) is 4.44. The highest BCUT2D eigenvalue weighted by Gasteiger charge is 2.27. The summed E-state index contributed by atoms with van der Waals surface area (Å²) in [7, 11) is 0. The van der Waals surface area contributed by atoms with Gasteiger partial charge in [0.1, 0.15) is 5.82 Å². The molecule has 0 saturated heterocycles. The Morgan fingerprint density at radius 2 is 1.88 bits per heavy atom. The first kappa shape index (κ1) is 12.0. The highest BCUT2D eigenvalue weighted by Crippen LogP contribution is 2.38. The third-order valence-electron chi connectivity index (χ3n) is 3.75. The fraction of sp³-hybridized carbons (Fsp3) is 0.400. The number of benzene rings is 1. The van der Waals surface area contributed by atoms with E-state index in [4.69, 9.17) is 0 Å². The molecule has 0 N–H and O–H groups in total. The van der Waals surface area contributed by atoms with E-state index in [0.717, 1.165) is 17.0 Å². The summed E-state index contributed by atoms with van der Waals surface area (Å²) in [5.41, 5.74) is 4.48. The zero-order valence-electron chi connectivity index (χ0n) is 10.8. The Hall–Kier alpha value is -1.44. The number of hydrogen-bond donors (Lipinski definition) is 0. The van der Waals surface area contributed by atoms with Gasteiger partial charge in [-0.15, -0.1) is 0 Å². The lowest BCUT2D eigenvalue weighted by molar-refractivity contribution is 0.599. The smallest absolute Gasteiger partial charge is 0.123 e. The van der Waals surface area contributed by atoms with E-state index >= 15 is 0 Å². The maximum absolute atomic E-state index is 13.3. The Kier molecular flexibility index (Phi) is 3.14. The quantitative estimate of drug-likeness (QED) is 0.682. The van der Waals surface area contributed by atoms with Crippen LogP contribution in [-0.4, -0.2) is 5.71 Å². The second-order valence-electron chi connectivity index (χ2n) is 4.84. The number of nitrogens with zero attached hydrogens (tertiary/aromatic N) is 1. The second-order valence-corrected chi connectivity index (χ2v) is 4.84. The van der Waals surface area contributed by atoms with Gasteiger partial charge in [-0.3, -0.25) is 4.99 Å². The van der Waals surface area contributed by atoms with Crippen molar-refractivity contribution in [1.82, 2.24) is 0 Å². The van der Waals surface area contributed by atoms with Crippen LogP contribution < -0.4 is 0 Å². The predicted molar refractivity (Wildman–Crippen MR) is 69.8 cm³/mol. The number of allylic oxidation sites excluding steroid dienone is 2. The molecule has 0 amide bonds. The minimum absolute atomic E-state index is 0.166. The minimum Gasteiger partial charge on any atom is -0.263 e. The molecule has 0 aliphatic carbocycles. The highest BCUT2D eigenvalue weighted by atomic mass is 19.1. The van der Waals surface area contributed by atoms with Gasteiger partial charge in [-0.05, 0) is 44.0 Å². The molecule has 2 rings (SSSR count). The van der Waals surface area contributed by atoms with Gasteiger partial charge in [0.25, 0.3) is 0 Å². The Morgan fingerprint density at radius 1 is 1.18 bits per heavy atom. The monoisotopic (exact) mass is 231 g/mol. The van der Waals surface area contributed by atoms with Gasteiger partial charge in [0.05, 0.1) is 0 Å². The van der Waals surface area contributed by atoms with Crippen LogP contribution in [0.2, 0.25) is 0 Å². The summed E-state index contributed by atoms with van der Waals surface area (Å²) in [6.45, 7) is 8.33. The molecule has 90 valence electrons. The lowest BCUT2D eigenvalue weighted by Gasteiger charge is -2.30. The highest BCUT2D eigenvalue weighted by molar-refractivity contribution is 5.87. The van der Waals surface area contributed by atoms with Crippen molar-refractivity contribution in [3.8, 4) is 0 Å². The molecule has 2 atom stereocenters. The first-order valence-corrected chi connectivity index (χ1v) is 5.98. The molecule has 1 aromatic rings. The normalized spacial score (nSPS) is 24.9. The zero-order chi connectivity index (χ0) is 12.6. The summed E-state index contributed by atoms with van der Waals surface area (Å²) >= 11 is 0. The molecular formula is C15H18FN. The van der Waals surface area contributed by atoms with Crippen LogP contribution in [0.5, 0.6) is 0 Å². The molecular weight excluding hydrogens is 213 g/mol. The van der Waals surface area contributed by atoms with Crippen molar-refractivity contribution in [2.45, 2.75) is 33.6 Å². The summed E-state index contributed by atoms with van der Waals surface area (Å²) in [6, 6.07) is 6.90. The summed E-state index contributed by atoms with van der Waals surface area (Å²) < 4.78 is 13.3. The number of aliphatic imine (C=N–C) groups is 1. The lowest BCUT2D eigenvalue weighted by Crippen LogP contribution is -2.22. The molecule has 0 bridgehead atoms. The molecule has 1 aromatic carbocycles. The predicted octanol–water partition coefficient (Wildman–Crippen LogP) is 4.31. The van der Waals surface area contributed by atoms with E-state index < -0.39 is 0 Å². The molecule has 0 radical (unpaired) electrons. The largest absolute Gasteiger partial charge is 0.263 e. The van der Waals surface area contributed by atoms with Crippen LogP contribution in [0.3, 0.4) is 0 Å². The van der Waals surface area contributed by atoms with Gasteiger partial charge in [0.15, 0.2) is 0 Å². The van der Waals surface area contributed by atoms with Gasteiger partial charge in [0, 0.05) is 23.2 Å². The molecule has 0 fully saturated rings. The molecule has 1 aliphatic heterocycles. The van der Waals surface area contributed by atoms with Crippen molar-refractivity contribution >= 4 is 5.71 Å². The fourth-order valence-electron chi connectivity index (χ4n) is 2.53. The van der Waals surface area contributed by atoms with E-state index in [1.54, 1.807) is 12.1 Å². The Bertz CT molecular complexity index is 499. The number of rotatable bonds is 1. The van der Waals surface area contributed by atoms with E-state index in [2.05, 4.69) is 18.8 Å². The number of halogens is 1. The average Bonchev–Trinajstić information content (AvgIpc) is 2.27. The van der Waals surface area contributed by atoms with E-state index in [0.29, 0.717) is 5.92 Å². The molecule has 0 spiro atoms. The Morgan fingerprint density at radius 3 is 2.53 bits per heavy atom. The molecule has 2 heteroatoms. The molecule has 1 nitrogen and oxygen atoms in total. The fourth-order valence-corrected chi connectivity index (χ4v) is 2.53. The maximum atomic E-state index is 13.3. The van der Waals surface area contributed by atoms with E-state index in [9.17, 15) is 4.39 Å². The average molecular weight is 231 g/mol. The first-order valence-electron chi connectivity index (χ1n) is 5.98. The summed E-state index contributed by atoms with van der Waals surface area (Å²) in [5, 5.41) is 0. The minimum atomic E-state index is -0.166. The van der Waals surface area contributed by atoms with Crippen LogP contribution in [0, 0.1) is 11.7 Å². The molecule has 2 unspecified atom stereocenters. The van der Waals surface area contributed by atoms with E-state index in [-0.39, 0.29) is 11.7 Å². The van der Waals surface area contributed by atoms with Gasteiger partial charge < -0.3 is 0 Å². The summed E-state index contributed by atoms with van der Waals surface area (Å²) in [5.74, 6) is 0.420. The lowest BCUT2D eigenvalue weighted by atomic mass is 9.77. The van der Waals surface area contributed by atoms with Crippen molar-refractivity contribution in [3.63, 3.8) is 0 Å². The van der Waals surface area contributed by atoms with Crippen molar-refractivity contribution in [2.75, 3.05) is 0 Å². The molecule has 0 aromatic heterocycles. The Labute approximate surface area is 102 Å². The van der Waals surface area contributed by atoms with Gasteiger partial charge in [-0.25, -0.2) is 4.39 Å². The summed E-state index contributed by atoms with van der Waals surface area (Å²) in [6.07, 6.45) is 0. The van der Waals surface area contributed by atoms with Gasteiger partial charge in [0.2, 0.25) is 0 Å². The van der Waals surface area contributed by atoms with Crippen LogP contribution >= 0.6 is 0 Å². The van der Waals surface area contributed by atoms with E-state index in [1.807, 2.05) is 19.9 Å². The summed E-state index contributed by atoms with van der Waals surface area (Å²) in [4.78, 5) is 4.55. The molecule has 17 heavy (non-hydrogen) atoms. The SMILES string of the molecule is CC1=NC(C)=C(C)C(c2cccc(F)c2)C1C. The molecule has 1 aliphatic rings. The zero-order valence-corrected chi connectivity index (χ0v) is 10.8. The van der Waals surface area contributed by atoms with Crippen molar-refractivity contribution < 1.29 is 4.39 Å². The van der Waals surface area contributed by atoms with Gasteiger partial charge in [-0.2, -0.15) is 0 Å². The van der Waals surface area contributed by atoms with Crippen LogP contribution in [0.15, 0.2) is 40.5 Å². The van der Waals surface area contributed by atoms with Crippen LogP contribution in [-0.2, 0) is 0 Å². The van der Waals surface area contributed by atoms with E-state index in [1.165, 1.54) is 11.6 Å². The first-order chi connectivity index (χ1) is 8.00. The topological polar surface area (TPSA) is 12.4 Å². The number of hydrogen-bond acceptors (Lipinski definition) is 1. The third-order valence-corrected chi connectivity index (χ3v) is 3.75. The van der Waals surface area contributed by atoms with Gasteiger partial charge >= 0.3 is 0 Å².